The van der Waals surface area contributed by atoms with Crippen LogP contribution in [-0.4, -0.2) is 43.5 Å². The molecule has 0 bridgehead atoms. The summed E-state index contributed by atoms with van der Waals surface area (Å²) in [6.07, 6.45) is 0. The molecule has 0 aromatic heterocycles. The third-order valence-corrected chi connectivity index (χ3v) is 5.10. The molecule has 0 unspecified atom stereocenters. The second kappa shape index (κ2) is 8.11. The first-order chi connectivity index (χ1) is 12.4. The van der Waals surface area contributed by atoms with Gasteiger partial charge in [-0.15, -0.1) is 0 Å². The first kappa shape index (κ1) is 18.7. The van der Waals surface area contributed by atoms with Crippen molar-refractivity contribution in [2.24, 2.45) is 0 Å². The van der Waals surface area contributed by atoms with Crippen LogP contribution < -0.4 is 10.2 Å². The molecule has 1 amide bonds. The molecule has 1 fully saturated rings. The number of amides is 1. The van der Waals surface area contributed by atoms with Crippen LogP contribution in [0.2, 0.25) is 5.02 Å². The fraction of sp³-hybridized carbons (Fsp3) is 0.381. The number of nitrogens with one attached hydrogen (secondary N) is 1. The lowest BCUT2D eigenvalue weighted by molar-refractivity contribution is -0.117. The molecule has 1 aliphatic rings. The predicted octanol–water partition coefficient (Wildman–Crippen LogP) is 4.03. The number of carbonyl (C=O) groups is 1. The summed E-state index contributed by atoms with van der Waals surface area (Å²) in [6.45, 7) is 10.1. The number of benzene rings is 2. The van der Waals surface area contributed by atoms with Gasteiger partial charge in [-0.3, -0.25) is 9.69 Å². The van der Waals surface area contributed by atoms with Gasteiger partial charge in [-0.25, -0.2) is 0 Å². The normalized spacial score (nSPS) is 15.2. The Bertz CT molecular complexity index is 775. The molecule has 26 heavy (non-hydrogen) atoms. The molecular weight excluding hydrogens is 346 g/mol. The summed E-state index contributed by atoms with van der Waals surface area (Å²) >= 11 is 6.29. The van der Waals surface area contributed by atoms with Crippen LogP contribution in [0.1, 0.15) is 16.7 Å². The van der Waals surface area contributed by atoms with Crippen molar-refractivity contribution in [3.8, 4) is 0 Å². The van der Waals surface area contributed by atoms with Crippen molar-refractivity contribution in [2.75, 3.05) is 42.9 Å². The molecule has 4 nitrogen and oxygen atoms in total. The Balaban J connectivity index is 1.54. The first-order valence-corrected chi connectivity index (χ1v) is 9.41. The van der Waals surface area contributed by atoms with E-state index in [0.29, 0.717) is 11.6 Å². The molecule has 0 saturated carbocycles. The van der Waals surface area contributed by atoms with Gasteiger partial charge in [0.2, 0.25) is 5.91 Å². The van der Waals surface area contributed by atoms with Crippen LogP contribution in [0.4, 0.5) is 11.4 Å². The van der Waals surface area contributed by atoms with E-state index in [9.17, 15) is 4.79 Å². The minimum absolute atomic E-state index is 0.0112. The number of carbonyl (C=O) groups excluding carboxylic acids is 1. The minimum Gasteiger partial charge on any atom is -0.369 e. The fourth-order valence-corrected chi connectivity index (χ4v) is 3.81. The Morgan fingerprint density at radius 1 is 1.04 bits per heavy atom. The number of nitrogens with zero attached hydrogens (tertiary/aromatic N) is 2. The Morgan fingerprint density at radius 2 is 1.77 bits per heavy atom. The predicted molar refractivity (Wildman–Crippen MR) is 109 cm³/mol. The van der Waals surface area contributed by atoms with Crippen LogP contribution in [0.3, 0.4) is 0 Å². The van der Waals surface area contributed by atoms with Gasteiger partial charge in [-0.2, -0.15) is 0 Å². The van der Waals surface area contributed by atoms with Gasteiger partial charge in [0.15, 0.2) is 0 Å². The number of rotatable bonds is 4. The van der Waals surface area contributed by atoms with Crippen molar-refractivity contribution in [1.29, 1.82) is 0 Å². The number of piperazine rings is 1. The van der Waals surface area contributed by atoms with Crippen LogP contribution >= 0.6 is 11.6 Å². The molecule has 3 rings (SSSR count). The smallest absolute Gasteiger partial charge is 0.238 e. The van der Waals surface area contributed by atoms with Gasteiger partial charge >= 0.3 is 0 Å². The number of aryl methyl sites for hydroxylation is 3. The molecule has 1 N–H and O–H groups in total. The third-order valence-electron chi connectivity index (χ3n) is 4.80. The largest absolute Gasteiger partial charge is 0.369 e. The summed E-state index contributed by atoms with van der Waals surface area (Å²) in [6, 6.07) is 12.5. The van der Waals surface area contributed by atoms with Gasteiger partial charge in [-0.1, -0.05) is 29.8 Å². The van der Waals surface area contributed by atoms with Crippen molar-refractivity contribution in [3.05, 3.63) is 58.1 Å². The molecule has 138 valence electrons. The molecule has 2 aromatic carbocycles. The summed E-state index contributed by atoms with van der Waals surface area (Å²) in [5.41, 5.74) is 5.34. The monoisotopic (exact) mass is 371 g/mol. The highest BCUT2D eigenvalue weighted by atomic mass is 35.5. The second-order valence-corrected chi connectivity index (χ2v) is 7.50. The Hall–Kier alpha value is -2.04. The van der Waals surface area contributed by atoms with Gasteiger partial charge in [0, 0.05) is 31.9 Å². The zero-order chi connectivity index (χ0) is 18.7. The molecule has 2 aromatic rings. The van der Waals surface area contributed by atoms with Crippen molar-refractivity contribution >= 4 is 28.9 Å². The summed E-state index contributed by atoms with van der Waals surface area (Å²) in [4.78, 5) is 17.0. The fourth-order valence-electron chi connectivity index (χ4n) is 3.44. The zero-order valence-corrected chi connectivity index (χ0v) is 16.4. The molecule has 1 saturated heterocycles. The van der Waals surface area contributed by atoms with E-state index >= 15 is 0 Å². The van der Waals surface area contributed by atoms with Crippen molar-refractivity contribution in [3.63, 3.8) is 0 Å². The lowest BCUT2D eigenvalue weighted by atomic mass is 10.1. The van der Waals surface area contributed by atoms with Crippen molar-refractivity contribution in [1.82, 2.24) is 4.90 Å². The van der Waals surface area contributed by atoms with Crippen molar-refractivity contribution in [2.45, 2.75) is 20.8 Å². The highest BCUT2D eigenvalue weighted by molar-refractivity contribution is 6.34. The summed E-state index contributed by atoms with van der Waals surface area (Å²) in [7, 11) is 0. The van der Waals surface area contributed by atoms with Crippen LogP contribution in [0.5, 0.6) is 0 Å². The Kier molecular flexibility index (Phi) is 5.84. The van der Waals surface area contributed by atoms with E-state index in [1.807, 2.05) is 26.0 Å². The van der Waals surface area contributed by atoms with E-state index in [0.717, 1.165) is 43.0 Å². The van der Waals surface area contributed by atoms with Gasteiger partial charge in [0.05, 0.1) is 17.3 Å². The van der Waals surface area contributed by atoms with Crippen LogP contribution in [0.15, 0.2) is 36.4 Å². The van der Waals surface area contributed by atoms with Gasteiger partial charge < -0.3 is 10.2 Å². The third kappa shape index (κ3) is 4.57. The van der Waals surface area contributed by atoms with E-state index in [4.69, 9.17) is 11.6 Å². The topological polar surface area (TPSA) is 35.6 Å². The molecule has 0 atom stereocenters. The van der Waals surface area contributed by atoms with E-state index in [1.54, 1.807) is 0 Å². The molecule has 1 heterocycles. The maximum Gasteiger partial charge on any atom is 0.238 e. The summed E-state index contributed by atoms with van der Waals surface area (Å²) < 4.78 is 0. The van der Waals surface area contributed by atoms with Crippen LogP contribution in [0, 0.1) is 20.8 Å². The maximum absolute atomic E-state index is 12.4. The lowest BCUT2D eigenvalue weighted by Crippen LogP contribution is -2.48. The number of hydrogen-bond acceptors (Lipinski definition) is 3. The van der Waals surface area contributed by atoms with Gasteiger partial charge in [0.25, 0.3) is 0 Å². The van der Waals surface area contributed by atoms with Crippen LogP contribution in [-0.2, 0) is 4.79 Å². The average Bonchev–Trinajstić information content (AvgIpc) is 2.59. The zero-order valence-electron chi connectivity index (χ0n) is 15.7. The van der Waals surface area contributed by atoms with Gasteiger partial charge in [0.1, 0.15) is 0 Å². The van der Waals surface area contributed by atoms with Gasteiger partial charge in [-0.05, 0) is 55.7 Å². The van der Waals surface area contributed by atoms with E-state index < -0.39 is 0 Å². The number of hydrogen-bond donors (Lipinski definition) is 1. The highest BCUT2D eigenvalue weighted by Gasteiger charge is 2.20. The molecular formula is C21H26ClN3O. The Labute approximate surface area is 160 Å². The number of anilines is 2. The first-order valence-electron chi connectivity index (χ1n) is 9.03. The van der Waals surface area contributed by atoms with E-state index in [-0.39, 0.29) is 5.91 Å². The quantitative estimate of drug-likeness (QED) is 0.881. The molecule has 0 radical (unpaired) electrons. The van der Waals surface area contributed by atoms with Crippen molar-refractivity contribution < 1.29 is 4.79 Å². The highest BCUT2D eigenvalue weighted by Crippen LogP contribution is 2.27. The molecule has 0 spiro atoms. The maximum atomic E-state index is 12.4. The molecule has 0 aliphatic carbocycles. The van der Waals surface area contributed by atoms with Crippen LogP contribution in [0.25, 0.3) is 0 Å². The lowest BCUT2D eigenvalue weighted by Gasteiger charge is -2.35. The van der Waals surface area contributed by atoms with E-state index in [1.165, 1.54) is 11.3 Å². The second-order valence-electron chi connectivity index (χ2n) is 7.09. The van der Waals surface area contributed by atoms with E-state index in [2.05, 4.69) is 46.3 Å². The SMILES string of the molecule is Cc1cccc(N2CCN(CC(=O)Nc3c(C)cc(C)cc3Cl)CC2)c1. The standard InChI is InChI=1S/C21H26ClN3O/c1-15-5-4-6-18(12-15)25-9-7-24(8-10-25)14-20(26)23-21-17(3)11-16(2)13-19(21)22/h4-6,11-13H,7-10,14H2,1-3H3,(H,23,26). The Morgan fingerprint density at radius 3 is 2.42 bits per heavy atom. The minimum atomic E-state index is -0.0112. The number of halogens is 1. The average molecular weight is 372 g/mol. The summed E-state index contributed by atoms with van der Waals surface area (Å²) in [5.74, 6) is -0.0112. The molecule has 1 aliphatic heterocycles. The summed E-state index contributed by atoms with van der Waals surface area (Å²) in [5, 5.41) is 3.57. The molecule has 5 heteroatoms.